The molecule has 0 saturated carbocycles. The summed E-state index contributed by atoms with van der Waals surface area (Å²) in [4.78, 5) is 46.4. The number of carboxylic acids is 3. The lowest BCUT2D eigenvalue weighted by Crippen LogP contribution is -2.41. The maximum atomic E-state index is 12.3. The molecule has 0 saturated heterocycles. The van der Waals surface area contributed by atoms with E-state index in [0.29, 0.717) is 10.7 Å². The van der Waals surface area contributed by atoms with Gasteiger partial charge in [-0.25, -0.2) is 0 Å². The Morgan fingerprint density at radius 1 is 0.789 bits per heavy atom. The van der Waals surface area contributed by atoms with E-state index >= 15 is 0 Å². The molecule has 3 atom stereocenters. The highest BCUT2D eigenvalue weighted by molar-refractivity contribution is 7.99. The van der Waals surface area contributed by atoms with Crippen molar-refractivity contribution in [1.82, 2.24) is 4.90 Å². The second-order valence-corrected chi connectivity index (χ2v) is 12.3. The number of aliphatic carboxylic acids is 3. The molecule has 0 radical (unpaired) electrons. The molecular weight excluding hydrogens is 506 g/mol. The summed E-state index contributed by atoms with van der Waals surface area (Å²) in [5.41, 5.74) is 1.26. The summed E-state index contributed by atoms with van der Waals surface area (Å²) in [5, 5.41) is 27.2. The van der Waals surface area contributed by atoms with Gasteiger partial charge in [0.15, 0.2) is 0 Å². The van der Waals surface area contributed by atoms with Gasteiger partial charge < -0.3 is 20.2 Å². The molecule has 0 aliphatic carbocycles. The molecule has 0 aliphatic rings. The van der Waals surface area contributed by atoms with Crippen LogP contribution in [0.2, 0.25) is 0 Å². The van der Waals surface area contributed by atoms with Crippen LogP contribution < -0.4 is 0 Å². The fourth-order valence-corrected chi connectivity index (χ4v) is 5.42. The Balaban J connectivity index is 4.29. The van der Waals surface area contributed by atoms with Gasteiger partial charge in [-0.3, -0.25) is 19.2 Å². The summed E-state index contributed by atoms with van der Waals surface area (Å²) >= 11 is 1.40. The van der Waals surface area contributed by atoms with E-state index in [0.717, 1.165) is 30.6 Å². The molecular formula is C29H51NO7S. The Kier molecular flexibility index (Phi) is 19.8. The number of carbonyl (C=O) groups excluding carboxylic acids is 1. The molecule has 1 amide bonds. The lowest BCUT2D eigenvalue weighted by Gasteiger charge is -2.20. The number of thioether (sulfide) groups is 1. The van der Waals surface area contributed by atoms with Gasteiger partial charge in [-0.05, 0) is 37.5 Å². The van der Waals surface area contributed by atoms with Gasteiger partial charge in [-0.15, -0.1) is 0 Å². The van der Waals surface area contributed by atoms with Crippen LogP contribution in [0.4, 0.5) is 0 Å². The Morgan fingerprint density at radius 2 is 1.29 bits per heavy atom. The number of hydrogen-bond donors (Lipinski definition) is 3. The maximum Gasteiger partial charge on any atom is 0.323 e. The maximum absolute atomic E-state index is 12.3. The van der Waals surface area contributed by atoms with Gasteiger partial charge >= 0.3 is 17.9 Å². The molecule has 8 nitrogen and oxygen atoms in total. The van der Waals surface area contributed by atoms with E-state index in [1.807, 2.05) is 0 Å². The summed E-state index contributed by atoms with van der Waals surface area (Å²) in [5.74, 6) is -2.51. The molecule has 220 valence electrons. The third-order valence-electron chi connectivity index (χ3n) is 6.78. The van der Waals surface area contributed by atoms with Crippen molar-refractivity contribution < 1.29 is 34.5 Å². The van der Waals surface area contributed by atoms with Crippen LogP contribution in [-0.4, -0.2) is 68.6 Å². The quantitative estimate of drug-likeness (QED) is 0.1000. The molecule has 0 aromatic heterocycles. The molecule has 0 fully saturated rings. The van der Waals surface area contributed by atoms with Crippen LogP contribution in [0.3, 0.4) is 0 Å². The molecule has 0 aromatic rings. The fourth-order valence-electron chi connectivity index (χ4n) is 4.34. The highest BCUT2D eigenvalue weighted by Crippen LogP contribution is 2.22. The van der Waals surface area contributed by atoms with Crippen LogP contribution in [0.5, 0.6) is 0 Å². The Bertz CT molecular complexity index is 737. The van der Waals surface area contributed by atoms with Crippen LogP contribution in [-0.2, 0) is 19.2 Å². The lowest BCUT2D eigenvalue weighted by atomic mass is 9.91. The molecule has 38 heavy (non-hydrogen) atoms. The van der Waals surface area contributed by atoms with E-state index in [4.69, 9.17) is 10.2 Å². The zero-order chi connectivity index (χ0) is 29.1. The third kappa shape index (κ3) is 20.0. The minimum absolute atomic E-state index is 0.186. The Labute approximate surface area is 233 Å². The molecule has 0 rings (SSSR count). The van der Waals surface area contributed by atoms with E-state index < -0.39 is 49.2 Å². The fraction of sp³-hybridized carbons (Fsp3) is 0.793. The van der Waals surface area contributed by atoms with E-state index in [1.54, 1.807) is 0 Å². The predicted octanol–water partition coefficient (Wildman–Crippen LogP) is 6.19. The van der Waals surface area contributed by atoms with Gasteiger partial charge in [0.1, 0.15) is 13.1 Å². The minimum atomic E-state index is -1.35. The zero-order valence-corrected chi connectivity index (χ0v) is 24.9. The van der Waals surface area contributed by atoms with Crippen molar-refractivity contribution >= 4 is 35.6 Å². The van der Waals surface area contributed by atoms with Crippen molar-refractivity contribution in [3.05, 3.63) is 11.6 Å². The van der Waals surface area contributed by atoms with Gasteiger partial charge in [-0.1, -0.05) is 84.3 Å². The van der Waals surface area contributed by atoms with Gasteiger partial charge in [-0.2, -0.15) is 11.8 Å². The summed E-state index contributed by atoms with van der Waals surface area (Å²) in [6.07, 6.45) is 12.9. The second-order valence-electron chi connectivity index (χ2n) is 11.2. The second kappa shape index (κ2) is 20.9. The smallest absolute Gasteiger partial charge is 0.323 e. The van der Waals surface area contributed by atoms with Gasteiger partial charge in [0.05, 0.1) is 5.92 Å². The highest BCUT2D eigenvalue weighted by atomic mass is 32.2. The third-order valence-corrected chi connectivity index (χ3v) is 7.82. The number of amides is 1. The average molecular weight is 558 g/mol. The average Bonchev–Trinajstić information content (AvgIpc) is 2.79. The number of nitrogens with zero attached hydrogens (tertiary/aromatic N) is 1. The summed E-state index contributed by atoms with van der Waals surface area (Å²) < 4.78 is 0. The molecule has 0 spiro atoms. The largest absolute Gasteiger partial charge is 0.481 e. The summed E-state index contributed by atoms with van der Waals surface area (Å²) in [7, 11) is 0. The Hall–Kier alpha value is -2.03. The van der Waals surface area contributed by atoms with Crippen LogP contribution in [0, 0.1) is 23.7 Å². The molecule has 3 N–H and O–H groups in total. The van der Waals surface area contributed by atoms with E-state index in [1.165, 1.54) is 62.3 Å². The van der Waals surface area contributed by atoms with Crippen LogP contribution in [0.25, 0.3) is 0 Å². The number of allylic oxidation sites excluding steroid dienone is 1. The van der Waals surface area contributed by atoms with Crippen molar-refractivity contribution in [3.8, 4) is 0 Å². The van der Waals surface area contributed by atoms with Crippen molar-refractivity contribution in [2.24, 2.45) is 23.7 Å². The highest BCUT2D eigenvalue weighted by Gasteiger charge is 2.26. The van der Waals surface area contributed by atoms with Gasteiger partial charge in [0.25, 0.3) is 0 Å². The van der Waals surface area contributed by atoms with Gasteiger partial charge in [0, 0.05) is 17.9 Å². The van der Waals surface area contributed by atoms with E-state index in [2.05, 4.69) is 40.7 Å². The van der Waals surface area contributed by atoms with Crippen molar-refractivity contribution in [3.63, 3.8) is 0 Å². The van der Waals surface area contributed by atoms with Crippen molar-refractivity contribution in [2.45, 2.75) is 98.8 Å². The molecule has 3 unspecified atom stereocenters. The first-order valence-electron chi connectivity index (χ1n) is 14.0. The SMILES string of the molecule is C/C(=C\CSCC(CC(=O)N(CC(=O)O)CC(=O)O)C(=O)O)CCCC(C)CCCC(C)CCCC(C)C. The molecule has 0 aromatic carbocycles. The molecule has 9 heteroatoms. The number of carbonyl (C=O) groups is 4. The first kappa shape index (κ1) is 36.0. The van der Waals surface area contributed by atoms with Crippen molar-refractivity contribution in [2.75, 3.05) is 24.6 Å². The lowest BCUT2D eigenvalue weighted by molar-refractivity contribution is -0.151. The monoisotopic (exact) mass is 557 g/mol. The number of hydrogen-bond acceptors (Lipinski definition) is 5. The molecule has 0 heterocycles. The van der Waals surface area contributed by atoms with Crippen LogP contribution in [0.1, 0.15) is 98.8 Å². The van der Waals surface area contributed by atoms with Gasteiger partial charge in [0.2, 0.25) is 5.91 Å². The molecule has 0 bridgehead atoms. The number of rotatable bonds is 23. The standard InChI is InChI=1S/C29H51NO7S/c1-21(2)9-6-10-22(3)11-7-12-23(4)13-8-14-24(5)15-16-38-20-25(29(36)37)17-26(31)30(18-27(32)33)19-28(34)35/h15,21-23,25H,6-14,16-20H2,1-5H3,(H,32,33)(H,34,35)(H,36,37)/b24-15+. The predicted molar refractivity (Wildman–Crippen MR) is 153 cm³/mol. The first-order chi connectivity index (χ1) is 17.8. The Morgan fingerprint density at radius 3 is 1.76 bits per heavy atom. The first-order valence-corrected chi connectivity index (χ1v) is 15.1. The van der Waals surface area contributed by atoms with E-state index in [9.17, 15) is 24.3 Å². The number of carboxylic acid groups (broad SMARTS) is 3. The van der Waals surface area contributed by atoms with E-state index in [-0.39, 0.29) is 5.75 Å². The minimum Gasteiger partial charge on any atom is -0.481 e. The summed E-state index contributed by atoms with van der Waals surface area (Å²) in [6, 6.07) is 0. The zero-order valence-electron chi connectivity index (χ0n) is 24.1. The van der Waals surface area contributed by atoms with Crippen LogP contribution in [0.15, 0.2) is 11.6 Å². The van der Waals surface area contributed by atoms with Crippen LogP contribution >= 0.6 is 11.8 Å². The normalized spacial score (nSPS) is 14.2. The summed E-state index contributed by atoms with van der Waals surface area (Å²) in [6.45, 7) is 9.82. The molecule has 0 aliphatic heterocycles. The topological polar surface area (TPSA) is 132 Å². The van der Waals surface area contributed by atoms with Crippen molar-refractivity contribution in [1.29, 1.82) is 0 Å².